The third-order valence-electron chi connectivity index (χ3n) is 8.71. The summed E-state index contributed by atoms with van der Waals surface area (Å²) in [6, 6.07) is 16.4. The summed E-state index contributed by atoms with van der Waals surface area (Å²) >= 11 is 13.0. The van der Waals surface area contributed by atoms with E-state index in [0.717, 1.165) is 34.2 Å². The molecule has 0 spiro atoms. The molecule has 0 saturated heterocycles. The molecule has 4 saturated carbocycles. The van der Waals surface area contributed by atoms with Crippen LogP contribution in [0.4, 0.5) is 0 Å². The number of H-pyrrole nitrogens is 1. The number of nitrogens with one attached hydrogen (secondary N) is 1. The SMILES string of the molecule is N#Cc1ccc(-c2cc(=O)n3[nH]c(C4C5CC6CC(C5)CC4C6)c(-c4ccc(Cl)cc4Cl)c3n2)cc1. The van der Waals surface area contributed by atoms with Crippen molar-refractivity contribution in [1.82, 2.24) is 14.6 Å². The van der Waals surface area contributed by atoms with Crippen LogP contribution in [0.3, 0.4) is 0 Å². The molecule has 0 amide bonds. The molecule has 0 unspecified atom stereocenters. The molecule has 5 nitrogen and oxygen atoms in total. The molecule has 4 aromatic rings. The summed E-state index contributed by atoms with van der Waals surface area (Å²) in [4.78, 5) is 18.4. The number of rotatable bonds is 3. The van der Waals surface area contributed by atoms with Crippen LogP contribution in [0.1, 0.15) is 49.3 Å². The minimum Gasteiger partial charge on any atom is -0.293 e. The Morgan fingerprint density at radius 1 is 0.944 bits per heavy atom. The number of hydrogen-bond donors (Lipinski definition) is 1. The zero-order valence-corrected chi connectivity index (χ0v) is 21.1. The Balaban J connectivity index is 1.47. The van der Waals surface area contributed by atoms with Crippen molar-refractivity contribution in [2.75, 3.05) is 0 Å². The number of benzene rings is 2. The molecule has 2 aromatic heterocycles. The molecular formula is C29H24Cl2N4O. The molecule has 4 bridgehead atoms. The van der Waals surface area contributed by atoms with E-state index in [9.17, 15) is 4.79 Å². The minimum atomic E-state index is -0.166. The number of fused-ring (bicyclic) bond motifs is 1. The van der Waals surface area contributed by atoms with E-state index >= 15 is 0 Å². The summed E-state index contributed by atoms with van der Waals surface area (Å²) in [6.07, 6.45) is 6.44. The van der Waals surface area contributed by atoms with E-state index in [4.69, 9.17) is 33.4 Å². The van der Waals surface area contributed by atoms with Crippen LogP contribution in [0.5, 0.6) is 0 Å². The highest BCUT2D eigenvalue weighted by Crippen LogP contribution is 2.60. The van der Waals surface area contributed by atoms with Crippen molar-refractivity contribution >= 4 is 28.8 Å². The van der Waals surface area contributed by atoms with E-state index in [1.807, 2.05) is 24.3 Å². The maximum Gasteiger partial charge on any atom is 0.273 e. The molecule has 4 fully saturated rings. The molecule has 8 rings (SSSR count). The van der Waals surface area contributed by atoms with Gasteiger partial charge in [-0.25, -0.2) is 9.50 Å². The van der Waals surface area contributed by atoms with Gasteiger partial charge in [-0.05, 0) is 80.0 Å². The van der Waals surface area contributed by atoms with Crippen molar-refractivity contribution in [3.63, 3.8) is 0 Å². The van der Waals surface area contributed by atoms with E-state index in [-0.39, 0.29) is 5.56 Å². The number of halogens is 2. The van der Waals surface area contributed by atoms with Crippen LogP contribution in [0.15, 0.2) is 53.3 Å². The second kappa shape index (κ2) is 8.23. The van der Waals surface area contributed by atoms with E-state index in [1.54, 1.807) is 28.8 Å². The second-order valence-electron chi connectivity index (χ2n) is 10.8. The summed E-state index contributed by atoms with van der Waals surface area (Å²) in [7, 11) is 0. The summed E-state index contributed by atoms with van der Waals surface area (Å²) in [5.41, 5.74) is 5.17. The van der Waals surface area contributed by atoms with E-state index < -0.39 is 0 Å². The second-order valence-corrected chi connectivity index (χ2v) is 11.7. The number of aromatic amines is 1. The lowest BCUT2D eigenvalue weighted by Crippen LogP contribution is -2.44. The van der Waals surface area contributed by atoms with Crippen molar-refractivity contribution in [2.45, 2.75) is 38.0 Å². The zero-order chi connectivity index (χ0) is 24.6. The first kappa shape index (κ1) is 22.2. The lowest BCUT2D eigenvalue weighted by Gasteiger charge is -2.54. The van der Waals surface area contributed by atoms with Crippen LogP contribution in [-0.2, 0) is 0 Å². The lowest BCUT2D eigenvalue weighted by molar-refractivity contribution is -0.00406. The molecule has 0 aliphatic heterocycles. The molecule has 4 aliphatic carbocycles. The van der Waals surface area contributed by atoms with Crippen LogP contribution in [0.25, 0.3) is 28.0 Å². The number of aromatic nitrogens is 3. The maximum absolute atomic E-state index is 13.4. The topological polar surface area (TPSA) is 73.9 Å². The number of hydrogen-bond acceptors (Lipinski definition) is 3. The van der Waals surface area contributed by atoms with Gasteiger partial charge in [-0.2, -0.15) is 5.26 Å². The van der Waals surface area contributed by atoms with Gasteiger partial charge >= 0.3 is 0 Å². The van der Waals surface area contributed by atoms with Gasteiger partial charge in [0.2, 0.25) is 0 Å². The lowest BCUT2D eigenvalue weighted by atomic mass is 9.51. The number of nitriles is 1. The Bertz CT molecular complexity index is 1580. The molecule has 2 aromatic carbocycles. The first-order valence-electron chi connectivity index (χ1n) is 12.6. The van der Waals surface area contributed by atoms with Crippen LogP contribution < -0.4 is 5.56 Å². The summed E-state index contributed by atoms with van der Waals surface area (Å²) in [6.45, 7) is 0. The van der Waals surface area contributed by atoms with Gasteiger partial charge in [0.05, 0.1) is 22.3 Å². The van der Waals surface area contributed by atoms with Gasteiger partial charge in [0.1, 0.15) is 0 Å². The molecule has 0 atom stereocenters. The first-order valence-corrected chi connectivity index (χ1v) is 13.4. The van der Waals surface area contributed by atoms with Crippen LogP contribution >= 0.6 is 23.2 Å². The Kier molecular flexibility index (Phi) is 5.06. The minimum absolute atomic E-state index is 0.166. The molecule has 4 aliphatic rings. The summed E-state index contributed by atoms with van der Waals surface area (Å²) < 4.78 is 1.58. The van der Waals surface area contributed by atoms with Crippen molar-refractivity contribution in [3.8, 4) is 28.5 Å². The molecule has 7 heteroatoms. The fourth-order valence-electron chi connectivity index (χ4n) is 7.51. The van der Waals surface area contributed by atoms with Gasteiger partial charge in [0, 0.05) is 39.4 Å². The maximum atomic E-state index is 13.4. The molecule has 2 heterocycles. The largest absolute Gasteiger partial charge is 0.293 e. The van der Waals surface area contributed by atoms with Crippen LogP contribution in [-0.4, -0.2) is 14.6 Å². The first-order chi connectivity index (χ1) is 17.5. The van der Waals surface area contributed by atoms with Gasteiger partial charge in [-0.15, -0.1) is 0 Å². The molecule has 36 heavy (non-hydrogen) atoms. The molecule has 0 radical (unpaired) electrons. The average Bonchev–Trinajstić information content (AvgIpc) is 3.23. The van der Waals surface area contributed by atoms with Crippen LogP contribution in [0.2, 0.25) is 10.0 Å². The monoisotopic (exact) mass is 514 g/mol. The smallest absolute Gasteiger partial charge is 0.273 e. The highest BCUT2D eigenvalue weighted by molar-refractivity contribution is 6.36. The molecule has 180 valence electrons. The predicted molar refractivity (Wildman–Crippen MR) is 141 cm³/mol. The fourth-order valence-corrected chi connectivity index (χ4v) is 8.02. The Labute approximate surface area is 218 Å². The average molecular weight is 515 g/mol. The third-order valence-corrected chi connectivity index (χ3v) is 9.26. The van der Waals surface area contributed by atoms with Gasteiger partial charge in [-0.1, -0.05) is 41.4 Å². The van der Waals surface area contributed by atoms with E-state index in [2.05, 4.69) is 11.2 Å². The third kappa shape index (κ3) is 3.43. The van der Waals surface area contributed by atoms with Gasteiger partial charge in [-0.3, -0.25) is 9.89 Å². The molecular weight excluding hydrogens is 491 g/mol. The fraction of sp³-hybridized carbons (Fsp3) is 0.345. The van der Waals surface area contributed by atoms with Crippen molar-refractivity contribution in [3.05, 3.63) is 80.2 Å². The van der Waals surface area contributed by atoms with Gasteiger partial charge < -0.3 is 0 Å². The standard InChI is InChI=1S/C29H24Cl2N4O/c30-21-5-6-22(23(31)12-21)27-28(26-19-8-16-7-17(10-19)11-20(26)9-16)34-35-25(36)13-24(33-29(27)35)18-3-1-15(14-32)2-4-18/h1-6,12-13,16-17,19-20,26,34H,7-11H2. The van der Waals surface area contributed by atoms with E-state index in [1.165, 1.54) is 32.1 Å². The van der Waals surface area contributed by atoms with Crippen molar-refractivity contribution in [2.24, 2.45) is 23.7 Å². The number of nitrogens with zero attached hydrogens (tertiary/aromatic N) is 3. The predicted octanol–water partition coefficient (Wildman–Crippen LogP) is 7.07. The Hall–Kier alpha value is -3.07. The van der Waals surface area contributed by atoms with Crippen molar-refractivity contribution in [1.29, 1.82) is 5.26 Å². The Morgan fingerprint density at radius 3 is 2.28 bits per heavy atom. The van der Waals surface area contributed by atoms with Gasteiger partial charge in [0.15, 0.2) is 5.65 Å². The zero-order valence-electron chi connectivity index (χ0n) is 19.5. The summed E-state index contributed by atoms with van der Waals surface area (Å²) in [5, 5.41) is 13.8. The van der Waals surface area contributed by atoms with Crippen molar-refractivity contribution < 1.29 is 0 Å². The Morgan fingerprint density at radius 2 is 1.64 bits per heavy atom. The highest BCUT2D eigenvalue weighted by atomic mass is 35.5. The summed E-state index contributed by atoms with van der Waals surface area (Å²) in [5.74, 6) is 3.29. The highest BCUT2D eigenvalue weighted by Gasteiger charge is 2.50. The van der Waals surface area contributed by atoms with Crippen LogP contribution in [0, 0.1) is 35.0 Å². The van der Waals surface area contributed by atoms with Gasteiger partial charge in [0.25, 0.3) is 5.56 Å². The molecule has 1 N–H and O–H groups in total. The quantitative estimate of drug-likeness (QED) is 0.317. The van der Waals surface area contributed by atoms with E-state index in [0.29, 0.717) is 44.7 Å². The normalized spacial score (nSPS) is 26.4.